The summed E-state index contributed by atoms with van der Waals surface area (Å²) in [4.78, 5) is 2.30. The molecule has 6 aromatic rings. The Kier molecular flexibility index (Phi) is 4.58. The van der Waals surface area contributed by atoms with Crippen LogP contribution in [0.1, 0.15) is 25.0 Å². The molecule has 1 aliphatic rings. The maximum Gasteiger partial charge on any atom is 0.137 e. The lowest BCUT2D eigenvalue weighted by atomic mass is 9.82. The lowest BCUT2D eigenvalue weighted by molar-refractivity contribution is 0.660. The van der Waals surface area contributed by atoms with Crippen LogP contribution >= 0.6 is 11.6 Å². The van der Waals surface area contributed by atoms with Crippen molar-refractivity contribution in [1.82, 2.24) is 0 Å². The number of nitrogens with zero attached hydrogens (tertiary/aromatic N) is 1. The molecule has 0 amide bonds. The van der Waals surface area contributed by atoms with Gasteiger partial charge in [0.2, 0.25) is 0 Å². The molecule has 36 heavy (non-hydrogen) atoms. The Hall–Kier alpha value is -4.01. The summed E-state index contributed by atoms with van der Waals surface area (Å²) in [6, 6.07) is 38.1. The number of rotatable bonds is 3. The molecule has 174 valence electrons. The average molecular weight is 486 g/mol. The van der Waals surface area contributed by atoms with E-state index in [0.29, 0.717) is 5.02 Å². The van der Waals surface area contributed by atoms with Crippen LogP contribution in [0.15, 0.2) is 114 Å². The Balaban J connectivity index is 1.52. The monoisotopic (exact) mass is 485 g/mol. The van der Waals surface area contributed by atoms with Gasteiger partial charge in [0.15, 0.2) is 0 Å². The first-order chi connectivity index (χ1) is 17.5. The van der Waals surface area contributed by atoms with Gasteiger partial charge in [0.1, 0.15) is 11.2 Å². The molecular weight excluding hydrogens is 462 g/mol. The molecule has 1 heterocycles. The molecule has 3 heteroatoms. The number of benzene rings is 5. The molecule has 0 bridgehead atoms. The third kappa shape index (κ3) is 3.04. The summed E-state index contributed by atoms with van der Waals surface area (Å²) >= 11 is 6.51. The third-order valence-corrected chi connectivity index (χ3v) is 7.75. The highest BCUT2D eigenvalue weighted by Crippen LogP contribution is 2.51. The average Bonchev–Trinajstić information content (AvgIpc) is 3.38. The molecule has 1 aliphatic carbocycles. The van der Waals surface area contributed by atoms with Crippen LogP contribution in [-0.4, -0.2) is 0 Å². The number of hydrogen-bond donors (Lipinski definition) is 0. The van der Waals surface area contributed by atoms with Gasteiger partial charge in [-0.3, -0.25) is 0 Å². The van der Waals surface area contributed by atoms with E-state index in [9.17, 15) is 0 Å². The van der Waals surface area contributed by atoms with E-state index in [4.69, 9.17) is 16.0 Å². The van der Waals surface area contributed by atoms with Gasteiger partial charge in [-0.05, 0) is 70.8 Å². The first-order valence-electron chi connectivity index (χ1n) is 12.2. The van der Waals surface area contributed by atoms with Crippen molar-refractivity contribution in [2.24, 2.45) is 0 Å². The largest absolute Gasteiger partial charge is 0.456 e. The van der Waals surface area contributed by atoms with Crippen LogP contribution < -0.4 is 4.90 Å². The van der Waals surface area contributed by atoms with Gasteiger partial charge in [-0.15, -0.1) is 0 Å². The normalized spacial score (nSPS) is 13.6. The standard InChI is InChI=1S/C33H24ClNO/c1-33(2)27-13-5-3-11-24(27)26-20-23(17-18-28(26)33)35(22-10-7-9-21(34)19-22)29-14-8-16-31-32(29)25-12-4-6-15-30(25)36-31/h3-20H,1-2H3. The van der Waals surface area contributed by atoms with Crippen LogP contribution in [0.5, 0.6) is 0 Å². The topological polar surface area (TPSA) is 16.4 Å². The minimum Gasteiger partial charge on any atom is -0.456 e. The van der Waals surface area contributed by atoms with Crippen LogP contribution in [0.2, 0.25) is 5.02 Å². The van der Waals surface area contributed by atoms with Gasteiger partial charge < -0.3 is 9.32 Å². The summed E-state index contributed by atoms with van der Waals surface area (Å²) in [6.07, 6.45) is 0. The van der Waals surface area contributed by atoms with Crippen LogP contribution in [0.4, 0.5) is 17.1 Å². The minimum atomic E-state index is -0.0356. The van der Waals surface area contributed by atoms with Crippen LogP contribution in [-0.2, 0) is 5.41 Å². The molecule has 0 atom stereocenters. The summed E-state index contributed by atoms with van der Waals surface area (Å²) in [5, 5.41) is 2.89. The smallest absolute Gasteiger partial charge is 0.137 e. The molecule has 2 nitrogen and oxygen atoms in total. The molecule has 0 aliphatic heterocycles. The maximum atomic E-state index is 6.51. The number of anilines is 3. The number of hydrogen-bond acceptors (Lipinski definition) is 2. The molecule has 0 radical (unpaired) electrons. The lowest BCUT2D eigenvalue weighted by Gasteiger charge is -2.28. The second kappa shape index (κ2) is 7.74. The van der Waals surface area contributed by atoms with Crippen molar-refractivity contribution in [2.45, 2.75) is 19.3 Å². The van der Waals surface area contributed by atoms with Crippen molar-refractivity contribution in [2.75, 3.05) is 4.90 Å². The molecule has 0 unspecified atom stereocenters. The molecule has 0 saturated carbocycles. The van der Waals surface area contributed by atoms with Crippen molar-refractivity contribution in [1.29, 1.82) is 0 Å². The zero-order valence-electron chi connectivity index (χ0n) is 20.1. The first-order valence-corrected chi connectivity index (χ1v) is 12.6. The SMILES string of the molecule is CC1(C)c2ccccc2-c2cc(N(c3cccc(Cl)c3)c3cccc4oc5ccccc5c34)ccc21. The van der Waals surface area contributed by atoms with Crippen LogP contribution in [0.3, 0.4) is 0 Å². The van der Waals surface area contributed by atoms with E-state index in [1.165, 1.54) is 22.3 Å². The highest BCUT2D eigenvalue weighted by atomic mass is 35.5. The van der Waals surface area contributed by atoms with Crippen molar-refractivity contribution in [3.8, 4) is 11.1 Å². The summed E-state index contributed by atoms with van der Waals surface area (Å²) in [7, 11) is 0. The summed E-state index contributed by atoms with van der Waals surface area (Å²) < 4.78 is 6.23. The minimum absolute atomic E-state index is 0.0356. The Bertz CT molecular complexity index is 1800. The number of halogens is 1. The second-order valence-corrected chi connectivity index (χ2v) is 10.4. The van der Waals surface area contributed by atoms with E-state index in [1.807, 2.05) is 36.4 Å². The van der Waals surface area contributed by atoms with Gasteiger partial charge in [0.05, 0.1) is 11.1 Å². The molecule has 7 rings (SSSR count). The van der Waals surface area contributed by atoms with Crippen molar-refractivity contribution >= 4 is 50.6 Å². The zero-order chi connectivity index (χ0) is 24.4. The molecule has 0 saturated heterocycles. The van der Waals surface area contributed by atoms with E-state index in [0.717, 1.165) is 39.0 Å². The first kappa shape index (κ1) is 21.3. The molecular formula is C33H24ClNO. The fourth-order valence-electron chi connectivity index (χ4n) is 5.83. The Labute approximate surface area is 215 Å². The summed E-state index contributed by atoms with van der Waals surface area (Å²) in [6.45, 7) is 4.62. The highest BCUT2D eigenvalue weighted by Gasteiger charge is 2.35. The quantitative estimate of drug-likeness (QED) is 0.248. The third-order valence-electron chi connectivity index (χ3n) is 7.51. The van der Waals surface area contributed by atoms with Gasteiger partial charge in [-0.1, -0.05) is 86.1 Å². The lowest BCUT2D eigenvalue weighted by Crippen LogP contribution is -2.15. The van der Waals surface area contributed by atoms with E-state index in [-0.39, 0.29) is 5.41 Å². The number of para-hydroxylation sites is 1. The fraction of sp³-hybridized carbons (Fsp3) is 0.0909. The number of furan rings is 1. The van der Waals surface area contributed by atoms with Gasteiger partial charge in [-0.25, -0.2) is 0 Å². The van der Waals surface area contributed by atoms with Gasteiger partial charge in [-0.2, -0.15) is 0 Å². The summed E-state index contributed by atoms with van der Waals surface area (Å²) in [5.41, 5.74) is 10.2. The van der Waals surface area contributed by atoms with E-state index >= 15 is 0 Å². The Morgan fingerprint density at radius 3 is 2.25 bits per heavy atom. The van der Waals surface area contributed by atoms with Crippen LogP contribution in [0.25, 0.3) is 33.1 Å². The van der Waals surface area contributed by atoms with Crippen molar-refractivity contribution in [3.05, 3.63) is 125 Å². The van der Waals surface area contributed by atoms with Crippen molar-refractivity contribution in [3.63, 3.8) is 0 Å². The van der Waals surface area contributed by atoms with Gasteiger partial charge in [0.25, 0.3) is 0 Å². The molecule has 5 aromatic carbocycles. The van der Waals surface area contributed by atoms with Crippen molar-refractivity contribution < 1.29 is 4.42 Å². The highest BCUT2D eigenvalue weighted by molar-refractivity contribution is 6.31. The van der Waals surface area contributed by atoms with E-state index in [1.54, 1.807) is 0 Å². The predicted octanol–water partition coefficient (Wildman–Crippen LogP) is 10.0. The number of fused-ring (bicyclic) bond motifs is 6. The van der Waals surface area contributed by atoms with E-state index in [2.05, 4.69) is 91.5 Å². The second-order valence-electron chi connectivity index (χ2n) is 9.96. The van der Waals surface area contributed by atoms with Crippen LogP contribution in [0, 0.1) is 0 Å². The molecule has 0 fully saturated rings. The molecule has 1 aromatic heterocycles. The molecule has 0 N–H and O–H groups in total. The summed E-state index contributed by atoms with van der Waals surface area (Å²) in [5.74, 6) is 0. The Morgan fingerprint density at radius 1 is 0.639 bits per heavy atom. The van der Waals surface area contributed by atoms with Gasteiger partial charge >= 0.3 is 0 Å². The Morgan fingerprint density at radius 2 is 1.36 bits per heavy atom. The zero-order valence-corrected chi connectivity index (χ0v) is 20.9. The van der Waals surface area contributed by atoms with Gasteiger partial charge in [0, 0.05) is 27.2 Å². The van der Waals surface area contributed by atoms with E-state index < -0.39 is 0 Å². The fourth-order valence-corrected chi connectivity index (χ4v) is 6.02. The predicted molar refractivity (Wildman–Crippen MR) is 151 cm³/mol. The maximum absolute atomic E-state index is 6.51. The molecule has 0 spiro atoms.